The van der Waals surface area contributed by atoms with Gasteiger partial charge in [0.25, 0.3) is 0 Å². The summed E-state index contributed by atoms with van der Waals surface area (Å²) in [6.45, 7) is 6.67. The standard InChI is InChI=1S/C63H122O6/c1-4-7-10-13-16-19-21-22-23-24-25-26-27-28-29-30-31-32-33-34-35-36-37-38-39-40-42-44-47-50-53-56-62(65)68-59-60(58-67-61(64)55-52-49-46-43-18-15-12-9-6-3)69-63(66)57-54-51-48-45-41-20-17-14-11-8-5-2/h60H,4-59H2,1-3H3. The number of hydrogen-bond acceptors (Lipinski definition) is 6. The Balaban J connectivity index is 3.93. The molecule has 0 bridgehead atoms. The van der Waals surface area contributed by atoms with Gasteiger partial charge >= 0.3 is 17.9 Å². The first kappa shape index (κ1) is 67.4. The van der Waals surface area contributed by atoms with E-state index >= 15 is 0 Å². The molecule has 410 valence electrons. The Morgan fingerprint density at radius 1 is 0.232 bits per heavy atom. The van der Waals surface area contributed by atoms with Crippen LogP contribution in [0.25, 0.3) is 0 Å². The molecule has 0 N–H and O–H groups in total. The van der Waals surface area contributed by atoms with Crippen LogP contribution in [-0.2, 0) is 28.6 Å². The smallest absolute Gasteiger partial charge is 0.306 e. The van der Waals surface area contributed by atoms with Gasteiger partial charge in [-0.3, -0.25) is 14.4 Å². The summed E-state index contributed by atoms with van der Waals surface area (Å²) in [4.78, 5) is 38.0. The molecule has 0 saturated carbocycles. The number of carbonyl (C=O) groups excluding carboxylic acids is 3. The van der Waals surface area contributed by atoms with E-state index in [1.54, 1.807) is 0 Å². The molecular formula is C63H122O6. The summed E-state index contributed by atoms with van der Waals surface area (Å²) in [7, 11) is 0. The first-order chi connectivity index (χ1) is 34.0. The van der Waals surface area contributed by atoms with Crippen LogP contribution in [0.15, 0.2) is 0 Å². The molecular weight excluding hydrogens is 853 g/mol. The van der Waals surface area contributed by atoms with Gasteiger partial charge in [-0.25, -0.2) is 0 Å². The molecule has 0 spiro atoms. The van der Waals surface area contributed by atoms with E-state index in [4.69, 9.17) is 14.2 Å². The second kappa shape index (κ2) is 59.0. The molecule has 6 nitrogen and oxygen atoms in total. The molecule has 0 radical (unpaired) electrons. The van der Waals surface area contributed by atoms with E-state index in [0.717, 1.165) is 57.8 Å². The van der Waals surface area contributed by atoms with Crippen molar-refractivity contribution in [2.24, 2.45) is 0 Å². The fourth-order valence-corrected chi connectivity index (χ4v) is 9.86. The third-order valence-electron chi connectivity index (χ3n) is 14.6. The molecule has 0 rings (SSSR count). The van der Waals surface area contributed by atoms with Gasteiger partial charge in [0.15, 0.2) is 6.10 Å². The molecule has 0 saturated heterocycles. The number of carbonyl (C=O) groups is 3. The molecule has 0 aliphatic carbocycles. The first-order valence-corrected chi connectivity index (χ1v) is 31.5. The summed E-state index contributed by atoms with van der Waals surface area (Å²) in [6.07, 6.45) is 67.2. The van der Waals surface area contributed by atoms with Crippen LogP contribution >= 0.6 is 0 Å². The fraction of sp³-hybridized carbons (Fsp3) is 0.952. The quantitative estimate of drug-likeness (QED) is 0.0343. The molecule has 0 fully saturated rings. The minimum atomic E-state index is -0.760. The highest BCUT2D eigenvalue weighted by molar-refractivity contribution is 5.71. The Bertz CT molecular complexity index is 1030. The highest BCUT2D eigenvalue weighted by Crippen LogP contribution is 2.18. The third kappa shape index (κ3) is 57.2. The summed E-state index contributed by atoms with van der Waals surface area (Å²) in [5, 5.41) is 0. The van der Waals surface area contributed by atoms with Crippen molar-refractivity contribution in [1.29, 1.82) is 0 Å². The van der Waals surface area contributed by atoms with Gasteiger partial charge in [-0.15, -0.1) is 0 Å². The fourth-order valence-electron chi connectivity index (χ4n) is 9.86. The zero-order valence-electron chi connectivity index (χ0n) is 47.1. The van der Waals surface area contributed by atoms with Crippen LogP contribution in [0.4, 0.5) is 0 Å². The van der Waals surface area contributed by atoms with Crippen LogP contribution < -0.4 is 0 Å². The van der Waals surface area contributed by atoms with Gasteiger partial charge in [0.1, 0.15) is 13.2 Å². The lowest BCUT2D eigenvalue weighted by atomic mass is 10.0. The Morgan fingerprint density at radius 2 is 0.391 bits per heavy atom. The average Bonchev–Trinajstić information content (AvgIpc) is 3.35. The van der Waals surface area contributed by atoms with Crippen molar-refractivity contribution in [3.8, 4) is 0 Å². The van der Waals surface area contributed by atoms with E-state index in [0.29, 0.717) is 19.3 Å². The van der Waals surface area contributed by atoms with Gasteiger partial charge in [0, 0.05) is 19.3 Å². The van der Waals surface area contributed by atoms with Crippen LogP contribution in [0.5, 0.6) is 0 Å². The van der Waals surface area contributed by atoms with E-state index in [1.807, 2.05) is 0 Å². The van der Waals surface area contributed by atoms with Crippen molar-refractivity contribution in [3.05, 3.63) is 0 Å². The molecule has 69 heavy (non-hydrogen) atoms. The highest BCUT2D eigenvalue weighted by Gasteiger charge is 2.19. The predicted molar refractivity (Wildman–Crippen MR) is 298 cm³/mol. The Kier molecular flexibility index (Phi) is 57.6. The van der Waals surface area contributed by atoms with Crippen molar-refractivity contribution < 1.29 is 28.6 Å². The summed E-state index contributed by atoms with van der Waals surface area (Å²) in [5.41, 5.74) is 0. The van der Waals surface area contributed by atoms with Gasteiger partial charge in [0.05, 0.1) is 0 Å². The molecule has 1 atom stereocenters. The summed E-state index contributed by atoms with van der Waals surface area (Å²) >= 11 is 0. The van der Waals surface area contributed by atoms with Crippen molar-refractivity contribution in [2.75, 3.05) is 13.2 Å². The Hall–Kier alpha value is -1.59. The largest absolute Gasteiger partial charge is 0.462 e. The number of unbranched alkanes of at least 4 members (excludes halogenated alkanes) is 48. The topological polar surface area (TPSA) is 78.9 Å². The minimum Gasteiger partial charge on any atom is -0.462 e. The second-order valence-electron chi connectivity index (χ2n) is 21.7. The predicted octanol–water partition coefficient (Wildman–Crippen LogP) is 21.1. The average molecular weight is 976 g/mol. The lowest BCUT2D eigenvalue weighted by Crippen LogP contribution is -2.30. The zero-order chi connectivity index (χ0) is 50.0. The molecule has 0 aliphatic rings. The van der Waals surface area contributed by atoms with Crippen LogP contribution in [0.3, 0.4) is 0 Å². The molecule has 1 unspecified atom stereocenters. The van der Waals surface area contributed by atoms with Crippen molar-refractivity contribution in [3.63, 3.8) is 0 Å². The SMILES string of the molecule is CCCCCCCCCCCCCCCCCCCCCCCCCCCCCCCCCC(=O)OCC(COC(=O)CCCCCCCCCCC)OC(=O)CCCCCCCCCCCCC. The van der Waals surface area contributed by atoms with Crippen molar-refractivity contribution in [2.45, 2.75) is 374 Å². The van der Waals surface area contributed by atoms with Crippen LogP contribution in [0, 0.1) is 0 Å². The van der Waals surface area contributed by atoms with E-state index in [1.165, 1.54) is 270 Å². The second-order valence-corrected chi connectivity index (χ2v) is 21.7. The number of rotatable bonds is 59. The highest BCUT2D eigenvalue weighted by atomic mass is 16.6. The molecule has 6 heteroatoms. The maximum atomic E-state index is 12.8. The van der Waals surface area contributed by atoms with Gasteiger partial charge in [-0.1, -0.05) is 329 Å². The van der Waals surface area contributed by atoms with Gasteiger partial charge < -0.3 is 14.2 Å². The molecule has 0 aromatic carbocycles. The third-order valence-corrected chi connectivity index (χ3v) is 14.6. The zero-order valence-corrected chi connectivity index (χ0v) is 47.1. The van der Waals surface area contributed by atoms with Gasteiger partial charge in [-0.2, -0.15) is 0 Å². The maximum Gasteiger partial charge on any atom is 0.306 e. The van der Waals surface area contributed by atoms with E-state index in [-0.39, 0.29) is 31.1 Å². The summed E-state index contributed by atoms with van der Waals surface area (Å²) in [5.74, 6) is -0.840. The molecule has 0 aromatic heterocycles. The van der Waals surface area contributed by atoms with E-state index in [2.05, 4.69) is 20.8 Å². The number of hydrogen-bond donors (Lipinski definition) is 0. The summed E-state index contributed by atoms with van der Waals surface area (Å²) in [6, 6.07) is 0. The lowest BCUT2D eigenvalue weighted by Gasteiger charge is -2.18. The normalized spacial score (nSPS) is 11.9. The van der Waals surface area contributed by atoms with E-state index < -0.39 is 6.10 Å². The molecule has 0 aliphatic heterocycles. The van der Waals surface area contributed by atoms with Gasteiger partial charge in [-0.05, 0) is 19.3 Å². The van der Waals surface area contributed by atoms with E-state index in [9.17, 15) is 14.4 Å². The maximum absolute atomic E-state index is 12.8. The van der Waals surface area contributed by atoms with Crippen LogP contribution in [-0.4, -0.2) is 37.2 Å². The van der Waals surface area contributed by atoms with Gasteiger partial charge in [0.2, 0.25) is 0 Å². The molecule has 0 aromatic rings. The lowest BCUT2D eigenvalue weighted by molar-refractivity contribution is -0.167. The van der Waals surface area contributed by atoms with Crippen molar-refractivity contribution >= 4 is 17.9 Å². The van der Waals surface area contributed by atoms with Crippen LogP contribution in [0.1, 0.15) is 367 Å². The van der Waals surface area contributed by atoms with Crippen LogP contribution in [0.2, 0.25) is 0 Å². The number of ether oxygens (including phenoxy) is 3. The monoisotopic (exact) mass is 975 g/mol. The molecule has 0 heterocycles. The minimum absolute atomic E-state index is 0.0618. The Labute approximate surface area is 431 Å². The number of esters is 3. The summed E-state index contributed by atoms with van der Waals surface area (Å²) < 4.78 is 16.8. The first-order valence-electron chi connectivity index (χ1n) is 31.5. The van der Waals surface area contributed by atoms with Crippen molar-refractivity contribution in [1.82, 2.24) is 0 Å². The Morgan fingerprint density at radius 3 is 0.580 bits per heavy atom. The molecule has 0 amide bonds.